The van der Waals surface area contributed by atoms with Gasteiger partial charge in [-0.05, 0) is 48.8 Å². The molecule has 0 aromatic heterocycles. The highest BCUT2D eigenvalue weighted by Crippen LogP contribution is 2.29. The van der Waals surface area contributed by atoms with E-state index in [2.05, 4.69) is 28.2 Å². The van der Waals surface area contributed by atoms with Crippen LogP contribution >= 0.6 is 15.9 Å². The maximum atomic E-state index is 9.72. The largest absolute Gasteiger partial charge is 0.489 e. The molecular formula is C14H22BrNO2. The molecule has 18 heavy (non-hydrogen) atoms. The van der Waals surface area contributed by atoms with Gasteiger partial charge in [0.15, 0.2) is 0 Å². The van der Waals surface area contributed by atoms with E-state index in [0.717, 1.165) is 35.3 Å². The van der Waals surface area contributed by atoms with E-state index in [1.807, 2.05) is 18.2 Å². The van der Waals surface area contributed by atoms with E-state index >= 15 is 0 Å². The fourth-order valence-electron chi connectivity index (χ4n) is 1.50. The fourth-order valence-corrected chi connectivity index (χ4v) is 2.02. The summed E-state index contributed by atoms with van der Waals surface area (Å²) >= 11 is 3.49. The minimum Gasteiger partial charge on any atom is -0.489 e. The third kappa shape index (κ3) is 5.38. The van der Waals surface area contributed by atoms with Crippen molar-refractivity contribution in [2.75, 3.05) is 13.2 Å². The number of hydrogen-bond acceptors (Lipinski definition) is 3. The van der Waals surface area contributed by atoms with Gasteiger partial charge in [-0.1, -0.05) is 19.1 Å². The summed E-state index contributed by atoms with van der Waals surface area (Å²) in [4.78, 5) is 0. The number of ether oxygens (including phenoxy) is 1. The molecule has 0 atom stereocenters. The van der Waals surface area contributed by atoms with E-state index in [1.165, 1.54) is 0 Å². The minimum absolute atomic E-state index is 0.274. The van der Waals surface area contributed by atoms with Crippen LogP contribution in [0.3, 0.4) is 0 Å². The summed E-state index contributed by atoms with van der Waals surface area (Å²) in [6, 6.07) is 5.97. The van der Waals surface area contributed by atoms with Crippen molar-refractivity contribution in [1.29, 1.82) is 0 Å². The third-order valence-corrected chi connectivity index (χ3v) is 2.98. The molecule has 1 aromatic carbocycles. The van der Waals surface area contributed by atoms with Crippen LogP contribution < -0.4 is 10.1 Å². The lowest BCUT2D eigenvalue weighted by Gasteiger charge is -2.20. The summed E-state index contributed by atoms with van der Waals surface area (Å²) in [5.41, 5.74) is 0.269. The fraction of sp³-hybridized carbons (Fsp3) is 0.571. The van der Waals surface area contributed by atoms with Crippen molar-refractivity contribution >= 4 is 15.9 Å². The number of para-hydroxylation sites is 1. The highest BCUT2D eigenvalue weighted by atomic mass is 79.9. The SMILES string of the molecule is CCCNCc1cccc(Br)c1OCC(C)(C)O. The molecule has 0 spiro atoms. The van der Waals surface area contributed by atoms with Crippen molar-refractivity contribution in [2.45, 2.75) is 39.3 Å². The Morgan fingerprint density at radius 2 is 2.11 bits per heavy atom. The van der Waals surface area contributed by atoms with Crippen LogP contribution in [-0.4, -0.2) is 23.9 Å². The van der Waals surface area contributed by atoms with Gasteiger partial charge >= 0.3 is 0 Å². The van der Waals surface area contributed by atoms with Crippen molar-refractivity contribution in [3.8, 4) is 5.75 Å². The van der Waals surface area contributed by atoms with E-state index in [9.17, 15) is 5.11 Å². The Morgan fingerprint density at radius 3 is 2.72 bits per heavy atom. The molecule has 0 amide bonds. The molecule has 102 valence electrons. The first-order valence-electron chi connectivity index (χ1n) is 6.27. The number of benzene rings is 1. The van der Waals surface area contributed by atoms with Gasteiger partial charge in [0.05, 0.1) is 10.1 Å². The molecule has 0 bridgehead atoms. The number of halogens is 1. The highest BCUT2D eigenvalue weighted by molar-refractivity contribution is 9.10. The monoisotopic (exact) mass is 315 g/mol. The van der Waals surface area contributed by atoms with Gasteiger partial charge in [0.25, 0.3) is 0 Å². The number of aliphatic hydroxyl groups is 1. The number of nitrogens with one attached hydrogen (secondary N) is 1. The smallest absolute Gasteiger partial charge is 0.138 e. The van der Waals surface area contributed by atoms with Crippen molar-refractivity contribution in [3.63, 3.8) is 0 Å². The summed E-state index contributed by atoms with van der Waals surface area (Å²) in [5.74, 6) is 0.809. The molecule has 0 radical (unpaired) electrons. The first kappa shape index (κ1) is 15.5. The zero-order valence-electron chi connectivity index (χ0n) is 11.3. The molecule has 0 saturated heterocycles. The maximum Gasteiger partial charge on any atom is 0.138 e. The molecule has 0 saturated carbocycles. The standard InChI is InChI=1S/C14H22BrNO2/c1-4-8-16-9-11-6-5-7-12(15)13(11)18-10-14(2,3)17/h5-7,16-17H,4,8-10H2,1-3H3. The average molecular weight is 316 g/mol. The lowest BCUT2D eigenvalue weighted by molar-refractivity contribution is 0.0278. The second kappa shape index (κ2) is 7.12. The van der Waals surface area contributed by atoms with Crippen molar-refractivity contribution < 1.29 is 9.84 Å². The van der Waals surface area contributed by atoms with Gasteiger partial charge in [-0.25, -0.2) is 0 Å². The van der Waals surface area contributed by atoms with Gasteiger partial charge in [0, 0.05) is 12.1 Å². The predicted molar refractivity (Wildman–Crippen MR) is 77.9 cm³/mol. The van der Waals surface area contributed by atoms with Gasteiger partial charge in [-0.2, -0.15) is 0 Å². The summed E-state index contributed by atoms with van der Waals surface area (Å²) < 4.78 is 6.65. The Hall–Kier alpha value is -0.580. The molecule has 4 heteroatoms. The summed E-state index contributed by atoms with van der Waals surface area (Å²) in [5, 5.41) is 13.1. The number of rotatable bonds is 7. The lowest BCUT2D eigenvalue weighted by Crippen LogP contribution is -2.28. The molecular weight excluding hydrogens is 294 g/mol. The van der Waals surface area contributed by atoms with E-state index in [1.54, 1.807) is 13.8 Å². The second-order valence-electron chi connectivity index (χ2n) is 5.01. The predicted octanol–water partition coefficient (Wildman–Crippen LogP) is 3.10. The Bertz CT molecular complexity index is 375. The van der Waals surface area contributed by atoms with Crippen LogP contribution in [0.4, 0.5) is 0 Å². The molecule has 3 nitrogen and oxygen atoms in total. The maximum absolute atomic E-state index is 9.72. The van der Waals surface area contributed by atoms with Crippen molar-refractivity contribution in [1.82, 2.24) is 5.32 Å². The molecule has 1 rings (SSSR count). The van der Waals surface area contributed by atoms with Crippen LogP contribution in [0.15, 0.2) is 22.7 Å². The molecule has 0 aliphatic rings. The molecule has 0 fully saturated rings. The first-order valence-corrected chi connectivity index (χ1v) is 7.06. The second-order valence-corrected chi connectivity index (χ2v) is 5.86. The summed E-state index contributed by atoms with van der Waals surface area (Å²) in [7, 11) is 0. The van der Waals surface area contributed by atoms with Gasteiger partial charge in [0.1, 0.15) is 12.4 Å². The lowest BCUT2D eigenvalue weighted by atomic mass is 10.1. The quantitative estimate of drug-likeness (QED) is 0.760. The van der Waals surface area contributed by atoms with Gasteiger partial charge in [0.2, 0.25) is 0 Å². The summed E-state index contributed by atoms with van der Waals surface area (Å²) in [6.45, 7) is 7.64. The van der Waals surface area contributed by atoms with Crippen LogP contribution in [0.5, 0.6) is 5.75 Å². The highest BCUT2D eigenvalue weighted by Gasteiger charge is 2.16. The Labute approximate surface area is 118 Å². The molecule has 2 N–H and O–H groups in total. The van der Waals surface area contributed by atoms with E-state index in [4.69, 9.17) is 4.74 Å². The minimum atomic E-state index is -0.830. The van der Waals surface area contributed by atoms with Crippen LogP contribution in [0, 0.1) is 0 Å². The van der Waals surface area contributed by atoms with Crippen LogP contribution in [0.2, 0.25) is 0 Å². The van der Waals surface area contributed by atoms with E-state index < -0.39 is 5.60 Å². The van der Waals surface area contributed by atoms with E-state index in [0.29, 0.717) is 0 Å². The van der Waals surface area contributed by atoms with Crippen molar-refractivity contribution in [2.24, 2.45) is 0 Å². The van der Waals surface area contributed by atoms with Crippen LogP contribution in [-0.2, 0) is 6.54 Å². The first-order chi connectivity index (χ1) is 8.44. The normalized spacial score (nSPS) is 11.6. The van der Waals surface area contributed by atoms with Gasteiger partial charge in [-0.3, -0.25) is 0 Å². The van der Waals surface area contributed by atoms with Gasteiger partial charge in [-0.15, -0.1) is 0 Å². The Morgan fingerprint density at radius 1 is 1.39 bits per heavy atom. The van der Waals surface area contributed by atoms with Crippen LogP contribution in [0.25, 0.3) is 0 Å². The zero-order chi connectivity index (χ0) is 13.6. The van der Waals surface area contributed by atoms with Crippen molar-refractivity contribution in [3.05, 3.63) is 28.2 Å². The topological polar surface area (TPSA) is 41.5 Å². The Kier molecular flexibility index (Phi) is 6.12. The van der Waals surface area contributed by atoms with Gasteiger partial charge < -0.3 is 15.2 Å². The van der Waals surface area contributed by atoms with E-state index in [-0.39, 0.29) is 6.61 Å². The molecule has 1 aromatic rings. The Balaban J connectivity index is 2.74. The molecule has 0 aliphatic heterocycles. The molecule has 0 aliphatic carbocycles. The third-order valence-electron chi connectivity index (χ3n) is 2.36. The van der Waals surface area contributed by atoms with Crippen LogP contribution in [0.1, 0.15) is 32.8 Å². The molecule has 0 unspecified atom stereocenters. The zero-order valence-corrected chi connectivity index (χ0v) is 12.9. The number of hydrogen-bond donors (Lipinski definition) is 2. The average Bonchev–Trinajstić information content (AvgIpc) is 2.27. The summed E-state index contributed by atoms with van der Waals surface area (Å²) in [6.07, 6.45) is 1.11. The molecule has 0 heterocycles.